The minimum Gasteiger partial charge on any atom is -0.380 e. The van der Waals surface area contributed by atoms with E-state index >= 15 is 0 Å². The van der Waals surface area contributed by atoms with Crippen LogP contribution in [0.2, 0.25) is 0 Å². The maximum absolute atomic E-state index is 5.62. The zero-order valence-electron chi connectivity index (χ0n) is 7.64. The van der Waals surface area contributed by atoms with Crippen molar-refractivity contribution < 1.29 is 4.74 Å². The van der Waals surface area contributed by atoms with Gasteiger partial charge in [0.1, 0.15) is 0 Å². The largest absolute Gasteiger partial charge is 0.380 e. The Labute approximate surface area is 74.5 Å². The summed E-state index contributed by atoms with van der Waals surface area (Å²) in [6.45, 7) is 7.16. The van der Waals surface area contributed by atoms with E-state index in [1.165, 1.54) is 0 Å². The van der Waals surface area contributed by atoms with E-state index in [-0.39, 0.29) is 0 Å². The molecule has 0 rings (SSSR count). The summed E-state index contributed by atoms with van der Waals surface area (Å²) in [4.78, 5) is 2.28. The van der Waals surface area contributed by atoms with E-state index in [4.69, 9.17) is 16.3 Å². The first-order chi connectivity index (χ1) is 5.24. The standard InChI is InChI=1S/C8H18ClNO/c1-4-10(6-5-9)7-8(2)11-3/h8H,4-7H2,1-3H3. The van der Waals surface area contributed by atoms with Gasteiger partial charge in [-0.3, -0.25) is 4.90 Å². The smallest absolute Gasteiger partial charge is 0.0670 e. The van der Waals surface area contributed by atoms with Gasteiger partial charge in [0.15, 0.2) is 0 Å². The predicted octanol–water partition coefficient (Wildman–Crippen LogP) is 1.58. The highest BCUT2D eigenvalue weighted by Gasteiger charge is 2.05. The van der Waals surface area contributed by atoms with E-state index in [2.05, 4.69) is 18.7 Å². The summed E-state index contributed by atoms with van der Waals surface area (Å²) >= 11 is 5.62. The number of likely N-dealkylation sites (N-methyl/N-ethyl adjacent to an activating group) is 1. The molecule has 0 aliphatic heterocycles. The van der Waals surface area contributed by atoms with Crippen molar-refractivity contribution in [3.63, 3.8) is 0 Å². The second kappa shape index (κ2) is 6.89. The summed E-state index contributed by atoms with van der Waals surface area (Å²) in [6.07, 6.45) is 0.304. The van der Waals surface area contributed by atoms with Crippen LogP contribution < -0.4 is 0 Å². The molecule has 0 fully saturated rings. The molecule has 0 N–H and O–H groups in total. The van der Waals surface area contributed by atoms with Crippen LogP contribution in [0.3, 0.4) is 0 Å². The Hall–Kier alpha value is 0.210. The highest BCUT2D eigenvalue weighted by molar-refractivity contribution is 6.18. The molecule has 1 atom stereocenters. The van der Waals surface area contributed by atoms with Gasteiger partial charge in [0, 0.05) is 26.1 Å². The highest BCUT2D eigenvalue weighted by atomic mass is 35.5. The number of methoxy groups -OCH3 is 1. The molecule has 68 valence electrons. The van der Waals surface area contributed by atoms with Gasteiger partial charge in [-0.2, -0.15) is 0 Å². The van der Waals surface area contributed by atoms with Gasteiger partial charge < -0.3 is 4.74 Å². The third-order valence-corrected chi connectivity index (χ3v) is 1.93. The molecule has 0 aliphatic rings. The van der Waals surface area contributed by atoms with Crippen LogP contribution in [0, 0.1) is 0 Å². The van der Waals surface area contributed by atoms with Gasteiger partial charge in [-0.1, -0.05) is 6.92 Å². The van der Waals surface area contributed by atoms with Crippen molar-refractivity contribution in [1.29, 1.82) is 0 Å². The number of rotatable bonds is 6. The van der Waals surface area contributed by atoms with Crippen LogP contribution in [0.5, 0.6) is 0 Å². The minimum absolute atomic E-state index is 0.304. The number of ether oxygens (including phenoxy) is 1. The highest BCUT2D eigenvalue weighted by Crippen LogP contribution is 1.95. The zero-order valence-corrected chi connectivity index (χ0v) is 8.40. The molecule has 1 unspecified atom stereocenters. The number of hydrogen-bond acceptors (Lipinski definition) is 2. The molecule has 0 saturated carbocycles. The fraction of sp³-hybridized carbons (Fsp3) is 1.00. The monoisotopic (exact) mass is 179 g/mol. The van der Waals surface area contributed by atoms with Crippen molar-refractivity contribution in [2.75, 3.05) is 32.6 Å². The summed E-state index contributed by atoms with van der Waals surface area (Å²) in [6, 6.07) is 0. The molecule has 11 heavy (non-hydrogen) atoms. The number of alkyl halides is 1. The van der Waals surface area contributed by atoms with E-state index < -0.39 is 0 Å². The van der Waals surface area contributed by atoms with E-state index in [0.29, 0.717) is 12.0 Å². The van der Waals surface area contributed by atoms with Crippen molar-refractivity contribution >= 4 is 11.6 Å². The first-order valence-corrected chi connectivity index (χ1v) is 4.59. The van der Waals surface area contributed by atoms with E-state index in [1.54, 1.807) is 7.11 Å². The van der Waals surface area contributed by atoms with Crippen LogP contribution >= 0.6 is 11.6 Å². The topological polar surface area (TPSA) is 12.5 Å². The lowest BCUT2D eigenvalue weighted by molar-refractivity contribution is 0.0810. The Morgan fingerprint density at radius 1 is 1.55 bits per heavy atom. The second-order valence-corrected chi connectivity index (χ2v) is 3.01. The lowest BCUT2D eigenvalue weighted by atomic mass is 10.3. The second-order valence-electron chi connectivity index (χ2n) is 2.63. The summed E-state index contributed by atoms with van der Waals surface area (Å²) in [5, 5.41) is 0. The van der Waals surface area contributed by atoms with Crippen molar-refractivity contribution in [3.05, 3.63) is 0 Å². The van der Waals surface area contributed by atoms with E-state index in [9.17, 15) is 0 Å². The molecule has 0 radical (unpaired) electrons. The first kappa shape index (κ1) is 11.2. The third-order valence-electron chi connectivity index (χ3n) is 1.77. The quantitative estimate of drug-likeness (QED) is 0.575. The van der Waals surface area contributed by atoms with Gasteiger partial charge in [0.2, 0.25) is 0 Å². The molecule has 0 aliphatic carbocycles. The fourth-order valence-corrected chi connectivity index (χ4v) is 1.18. The molecule has 0 aromatic rings. The van der Waals surface area contributed by atoms with Crippen molar-refractivity contribution in [3.8, 4) is 0 Å². The number of hydrogen-bond donors (Lipinski definition) is 0. The lowest BCUT2D eigenvalue weighted by Gasteiger charge is -2.22. The van der Waals surface area contributed by atoms with Crippen molar-refractivity contribution in [1.82, 2.24) is 4.90 Å². The molecule has 0 amide bonds. The Kier molecular flexibility index (Phi) is 7.02. The molecular formula is C8H18ClNO. The van der Waals surface area contributed by atoms with Gasteiger partial charge >= 0.3 is 0 Å². The average molecular weight is 180 g/mol. The Bertz CT molecular complexity index is 90.2. The SMILES string of the molecule is CCN(CCCl)CC(C)OC. The molecule has 0 aromatic heterocycles. The van der Waals surface area contributed by atoms with Gasteiger partial charge in [-0.15, -0.1) is 11.6 Å². The molecular weight excluding hydrogens is 162 g/mol. The van der Waals surface area contributed by atoms with Crippen molar-refractivity contribution in [2.24, 2.45) is 0 Å². The predicted molar refractivity (Wildman–Crippen MR) is 49.3 cm³/mol. The summed E-state index contributed by atoms with van der Waals surface area (Å²) in [7, 11) is 1.74. The van der Waals surface area contributed by atoms with Crippen LogP contribution in [0.25, 0.3) is 0 Å². The van der Waals surface area contributed by atoms with Crippen LogP contribution in [-0.2, 0) is 4.74 Å². The summed E-state index contributed by atoms with van der Waals surface area (Å²) < 4.78 is 5.14. The van der Waals surface area contributed by atoms with Gasteiger partial charge in [0.05, 0.1) is 6.10 Å². The third kappa shape index (κ3) is 5.48. The molecule has 0 spiro atoms. The molecule has 0 saturated heterocycles. The molecule has 0 heterocycles. The summed E-state index contributed by atoms with van der Waals surface area (Å²) in [5.41, 5.74) is 0. The first-order valence-electron chi connectivity index (χ1n) is 4.05. The van der Waals surface area contributed by atoms with Gasteiger partial charge in [-0.05, 0) is 13.5 Å². The van der Waals surface area contributed by atoms with Crippen molar-refractivity contribution in [2.45, 2.75) is 20.0 Å². The normalized spacial score (nSPS) is 13.9. The molecule has 2 nitrogen and oxygen atoms in total. The van der Waals surface area contributed by atoms with Crippen LogP contribution in [-0.4, -0.2) is 43.6 Å². The fourth-order valence-electron chi connectivity index (χ4n) is 0.936. The van der Waals surface area contributed by atoms with E-state index in [1.807, 2.05) is 0 Å². The number of halogens is 1. The lowest BCUT2D eigenvalue weighted by Crippen LogP contribution is -2.33. The Morgan fingerprint density at radius 2 is 2.18 bits per heavy atom. The number of nitrogens with zero attached hydrogens (tertiary/aromatic N) is 1. The van der Waals surface area contributed by atoms with Gasteiger partial charge in [-0.25, -0.2) is 0 Å². The zero-order chi connectivity index (χ0) is 8.69. The van der Waals surface area contributed by atoms with Crippen LogP contribution in [0.15, 0.2) is 0 Å². The maximum atomic E-state index is 5.62. The summed E-state index contributed by atoms with van der Waals surface area (Å²) in [5.74, 6) is 0.699. The Balaban J connectivity index is 3.49. The van der Waals surface area contributed by atoms with Crippen LogP contribution in [0.4, 0.5) is 0 Å². The van der Waals surface area contributed by atoms with E-state index in [0.717, 1.165) is 19.6 Å². The molecule has 3 heteroatoms. The van der Waals surface area contributed by atoms with Crippen LogP contribution in [0.1, 0.15) is 13.8 Å². The molecule has 0 aromatic carbocycles. The maximum Gasteiger partial charge on any atom is 0.0670 e. The minimum atomic E-state index is 0.304. The van der Waals surface area contributed by atoms with Gasteiger partial charge in [0.25, 0.3) is 0 Å². The average Bonchev–Trinajstić information content (AvgIpc) is 2.03. The Morgan fingerprint density at radius 3 is 2.55 bits per heavy atom. The molecule has 0 bridgehead atoms.